The molecule has 1 heterocycles. The molecule has 1 atom stereocenters. The molecule has 0 aromatic heterocycles. The van der Waals surface area contributed by atoms with Crippen LogP contribution in [0, 0.1) is 17.1 Å². The first-order chi connectivity index (χ1) is 9.53. The highest BCUT2D eigenvalue weighted by atomic mass is 19.1. The second-order valence-corrected chi connectivity index (χ2v) is 5.84. The molecule has 20 heavy (non-hydrogen) atoms. The molecular formula is C16H17FN2O. The van der Waals surface area contributed by atoms with Gasteiger partial charge in [-0.15, -0.1) is 0 Å². The van der Waals surface area contributed by atoms with Crippen molar-refractivity contribution >= 4 is 0 Å². The summed E-state index contributed by atoms with van der Waals surface area (Å²) in [7, 11) is 0. The van der Waals surface area contributed by atoms with Crippen LogP contribution in [-0.2, 0) is 6.42 Å². The monoisotopic (exact) mass is 272 g/mol. The molecule has 1 spiro atoms. The van der Waals surface area contributed by atoms with Gasteiger partial charge in [-0.25, -0.2) is 4.39 Å². The minimum atomic E-state index is -0.385. The van der Waals surface area contributed by atoms with Crippen molar-refractivity contribution < 1.29 is 9.13 Å². The maximum absolute atomic E-state index is 14.3. The Morgan fingerprint density at radius 3 is 2.90 bits per heavy atom. The fourth-order valence-electron chi connectivity index (χ4n) is 3.09. The number of fused-ring (bicyclic) bond motifs is 1. The fourth-order valence-corrected chi connectivity index (χ4v) is 3.09. The number of benzene rings is 1. The average molecular weight is 272 g/mol. The van der Waals surface area contributed by atoms with Crippen LogP contribution in [0.3, 0.4) is 0 Å². The van der Waals surface area contributed by atoms with Gasteiger partial charge in [-0.2, -0.15) is 5.26 Å². The smallest absolute Gasteiger partial charge is 0.165 e. The van der Waals surface area contributed by atoms with Gasteiger partial charge >= 0.3 is 0 Å². The average Bonchev–Trinajstić information content (AvgIpc) is 2.38. The lowest BCUT2D eigenvalue weighted by atomic mass is 9.73. The van der Waals surface area contributed by atoms with Crippen molar-refractivity contribution in [3.05, 3.63) is 41.2 Å². The molecule has 1 aromatic rings. The zero-order valence-corrected chi connectivity index (χ0v) is 11.3. The molecule has 1 aliphatic carbocycles. The number of allylic oxidation sites excluding steroid dienone is 1. The molecule has 1 aromatic carbocycles. The third kappa shape index (κ3) is 2.08. The van der Waals surface area contributed by atoms with Crippen LogP contribution in [0.25, 0.3) is 0 Å². The van der Waals surface area contributed by atoms with Crippen LogP contribution in [0.1, 0.15) is 42.9 Å². The standard InChI is InChI=1S/C16H17FN2O/c1-10(9-18)5-11-6-12-14(19)8-16(3-2-4-16)20-15(12)13(17)7-11/h6-7,14H,1-5,8,19H2/t14-/m0/s1. The fraction of sp³-hybridized carbons (Fsp3) is 0.438. The minimum Gasteiger partial charge on any atom is -0.484 e. The van der Waals surface area contributed by atoms with Crippen molar-refractivity contribution in [2.24, 2.45) is 5.73 Å². The normalized spacial score (nSPS) is 22.4. The van der Waals surface area contributed by atoms with Crippen molar-refractivity contribution in [1.82, 2.24) is 0 Å². The highest BCUT2D eigenvalue weighted by Crippen LogP contribution is 2.49. The Morgan fingerprint density at radius 1 is 1.55 bits per heavy atom. The Labute approximate surface area is 117 Å². The Morgan fingerprint density at radius 2 is 2.30 bits per heavy atom. The zero-order valence-electron chi connectivity index (χ0n) is 11.3. The summed E-state index contributed by atoms with van der Waals surface area (Å²) in [6.45, 7) is 3.63. The van der Waals surface area contributed by atoms with Crippen molar-refractivity contribution in [3.63, 3.8) is 0 Å². The molecule has 1 saturated carbocycles. The summed E-state index contributed by atoms with van der Waals surface area (Å²) in [6.07, 6.45) is 4.10. The number of nitriles is 1. The Bertz CT molecular complexity index is 614. The van der Waals surface area contributed by atoms with Gasteiger partial charge in [-0.3, -0.25) is 0 Å². The highest BCUT2D eigenvalue weighted by Gasteiger charge is 2.45. The highest BCUT2D eigenvalue weighted by molar-refractivity contribution is 5.45. The first-order valence-electron chi connectivity index (χ1n) is 6.88. The molecule has 3 rings (SSSR count). The number of hydrogen-bond acceptors (Lipinski definition) is 3. The van der Waals surface area contributed by atoms with Gasteiger partial charge in [0.15, 0.2) is 11.6 Å². The molecule has 0 amide bonds. The number of nitrogens with zero attached hydrogens (tertiary/aromatic N) is 1. The minimum absolute atomic E-state index is 0.205. The summed E-state index contributed by atoms with van der Waals surface area (Å²) in [5.74, 6) is -0.0839. The van der Waals surface area contributed by atoms with Gasteiger partial charge < -0.3 is 10.5 Å². The topological polar surface area (TPSA) is 59.0 Å². The van der Waals surface area contributed by atoms with Crippen molar-refractivity contribution in [2.45, 2.75) is 43.7 Å². The number of halogens is 1. The lowest BCUT2D eigenvalue weighted by Crippen LogP contribution is -2.48. The first kappa shape index (κ1) is 13.1. The summed E-state index contributed by atoms with van der Waals surface area (Å²) in [5, 5.41) is 8.77. The summed E-state index contributed by atoms with van der Waals surface area (Å²) < 4.78 is 20.2. The maximum Gasteiger partial charge on any atom is 0.165 e. The number of nitrogens with two attached hydrogens (primary N) is 1. The molecule has 0 saturated heterocycles. The van der Waals surface area contributed by atoms with Crippen molar-refractivity contribution in [2.75, 3.05) is 0 Å². The second-order valence-electron chi connectivity index (χ2n) is 5.84. The molecule has 1 fully saturated rings. The van der Waals surface area contributed by atoms with Gasteiger partial charge in [0.25, 0.3) is 0 Å². The van der Waals surface area contributed by atoms with E-state index in [1.165, 1.54) is 6.07 Å². The van der Waals surface area contributed by atoms with Gasteiger partial charge in [-0.1, -0.05) is 6.58 Å². The van der Waals surface area contributed by atoms with Crippen molar-refractivity contribution in [3.8, 4) is 11.8 Å². The van der Waals surface area contributed by atoms with E-state index < -0.39 is 0 Å². The summed E-state index contributed by atoms with van der Waals surface area (Å²) in [6, 6.07) is 5.04. The van der Waals surface area contributed by atoms with Gasteiger partial charge in [0.1, 0.15) is 5.60 Å². The Kier molecular flexibility index (Phi) is 3.02. The Hall–Kier alpha value is -1.86. The molecule has 0 radical (unpaired) electrons. The number of ether oxygens (including phenoxy) is 1. The Balaban J connectivity index is 1.96. The predicted molar refractivity (Wildman–Crippen MR) is 73.6 cm³/mol. The SMILES string of the molecule is C=C(C#N)Cc1cc(F)c2c(c1)[C@@H](N)CC1(CCC1)O2. The van der Waals surface area contributed by atoms with E-state index in [1.54, 1.807) is 0 Å². The lowest BCUT2D eigenvalue weighted by Gasteiger charge is -2.47. The van der Waals surface area contributed by atoms with Gasteiger partial charge in [0, 0.05) is 30.0 Å². The molecule has 1 aliphatic heterocycles. The predicted octanol–water partition coefficient (Wildman–Crippen LogP) is 3.15. The van der Waals surface area contributed by atoms with Crippen LogP contribution >= 0.6 is 0 Å². The zero-order chi connectivity index (χ0) is 14.3. The summed E-state index contributed by atoms with van der Waals surface area (Å²) in [4.78, 5) is 0. The van der Waals surface area contributed by atoms with E-state index in [0.29, 0.717) is 23.3 Å². The quantitative estimate of drug-likeness (QED) is 0.841. The largest absolute Gasteiger partial charge is 0.484 e. The van der Waals surface area contributed by atoms with Crippen molar-refractivity contribution in [1.29, 1.82) is 5.26 Å². The van der Waals surface area contributed by atoms with Gasteiger partial charge in [0.05, 0.1) is 6.07 Å². The summed E-state index contributed by atoms with van der Waals surface area (Å²) >= 11 is 0. The molecule has 0 unspecified atom stereocenters. The lowest BCUT2D eigenvalue weighted by molar-refractivity contribution is -0.0360. The van der Waals surface area contributed by atoms with E-state index in [2.05, 4.69) is 6.58 Å². The van der Waals surface area contributed by atoms with E-state index in [9.17, 15) is 4.39 Å². The molecular weight excluding hydrogens is 255 g/mol. The first-order valence-corrected chi connectivity index (χ1v) is 6.88. The van der Waals surface area contributed by atoms with Crippen LogP contribution in [0.2, 0.25) is 0 Å². The van der Waals surface area contributed by atoms with E-state index >= 15 is 0 Å². The third-order valence-corrected chi connectivity index (χ3v) is 4.28. The van der Waals surface area contributed by atoms with Crippen LogP contribution in [0.5, 0.6) is 5.75 Å². The van der Waals surface area contributed by atoms with Crippen LogP contribution in [0.15, 0.2) is 24.3 Å². The third-order valence-electron chi connectivity index (χ3n) is 4.28. The van der Waals surface area contributed by atoms with Crippen LogP contribution < -0.4 is 10.5 Å². The molecule has 2 N–H and O–H groups in total. The summed E-state index contributed by atoms with van der Waals surface area (Å²) in [5.41, 5.74) is 7.79. The van der Waals surface area contributed by atoms with E-state index in [4.69, 9.17) is 15.7 Å². The van der Waals surface area contributed by atoms with Gasteiger partial charge in [-0.05, 0) is 37.0 Å². The van der Waals surface area contributed by atoms with Gasteiger partial charge in [0.2, 0.25) is 0 Å². The molecule has 104 valence electrons. The van der Waals surface area contributed by atoms with Crippen LogP contribution in [0.4, 0.5) is 4.39 Å². The molecule has 4 heteroatoms. The van der Waals surface area contributed by atoms with E-state index in [-0.39, 0.29) is 17.5 Å². The molecule has 2 aliphatic rings. The van der Waals surface area contributed by atoms with Crippen LogP contribution in [-0.4, -0.2) is 5.60 Å². The van der Waals surface area contributed by atoms with E-state index in [1.807, 2.05) is 12.1 Å². The molecule has 0 bridgehead atoms. The molecule has 3 nitrogen and oxygen atoms in total. The van der Waals surface area contributed by atoms with E-state index in [0.717, 1.165) is 31.2 Å². The number of rotatable bonds is 2. The second kappa shape index (κ2) is 4.60. The number of hydrogen-bond donors (Lipinski definition) is 1. The maximum atomic E-state index is 14.3.